The number of hydrogen-bond donors (Lipinski definition) is 3. The Morgan fingerprint density at radius 1 is 1.35 bits per heavy atom. The minimum Gasteiger partial charge on any atom is -0.508 e. The van der Waals surface area contributed by atoms with Crippen molar-refractivity contribution in [3.8, 4) is 18.1 Å². The van der Waals surface area contributed by atoms with E-state index in [1.54, 1.807) is 13.8 Å². The van der Waals surface area contributed by atoms with E-state index in [4.69, 9.17) is 11.5 Å². The van der Waals surface area contributed by atoms with Crippen LogP contribution < -0.4 is 10.2 Å². The number of rotatable bonds is 4. The number of amides is 2. The molecule has 6 heteroatoms. The highest BCUT2D eigenvalue weighted by Crippen LogP contribution is 2.19. The first-order chi connectivity index (χ1) is 9.25. The summed E-state index contributed by atoms with van der Waals surface area (Å²) in [7, 11) is 0. The van der Waals surface area contributed by atoms with Crippen LogP contribution in [0.2, 0.25) is 0 Å². The Hall–Kier alpha value is -2.68. The molecule has 0 bridgehead atoms. The summed E-state index contributed by atoms with van der Waals surface area (Å²) in [4.78, 5) is 24.0. The minimum atomic E-state index is -1.16. The lowest BCUT2D eigenvalue weighted by Gasteiger charge is -2.26. The van der Waals surface area contributed by atoms with Crippen molar-refractivity contribution in [2.45, 2.75) is 19.4 Å². The molecule has 0 aliphatic carbocycles. The van der Waals surface area contributed by atoms with Crippen molar-refractivity contribution in [1.29, 1.82) is 0 Å². The summed E-state index contributed by atoms with van der Waals surface area (Å²) in [5, 5.41) is 20.7. The monoisotopic (exact) mass is 276 g/mol. The third-order valence-electron chi connectivity index (χ3n) is 2.48. The van der Waals surface area contributed by atoms with Gasteiger partial charge < -0.3 is 15.5 Å². The fraction of sp³-hybridized carbons (Fsp3) is 0.286. The van der Waals surface area contributed by atoms with Gasteiger partial charge in [-0.05, 0) is 38.1 Å². The average molecular weight is 276 g/mol. The SMILES string of the molecule is C#CC(C)(C)NC(=O)N(CC(=O)O)c1ccc(O)cc1. The molecule has 0 aliphatic heterocycles. The van der Waals surface area contributed by atoms with Gasteiger partial charge in [0, 0.05) is 5.69 Å². The highest BCUT2D eigenvalue weighted by Gasteiger charge is 2.24. The second-order valence-corrected chi connectivity index (χ2v) is 4.70. The van der Waals surface area contributed by atoms with Gasteiger partial charge in [-0.3, -0.25) is 9.69 Å². The fourth-order valence-corrected chi connectivity index (χ4v) is 1.42. The van der Waals surface area contributed by atoms with E-state index < -0.39 is 24.1 Å². The van der Waals surface area contributed by atoms with Crippen LogP contribution in [0.4, 0.5) is 10.5 Å². The molecular weight excluding hydrogens is 260 g/mol. The second-order valence-electron chi connectivity index (χ2n) is 4.70. The minimum absolute atomic E-state index is 0.0217. The lowest BCUT2D eigenvalue weighted by atomic mass is 10.1. The van der Waals surface area contributed by atoms with Crippen molar-refractivity contribution in [3.63, 3.8) is 0 Å². The molecule has 0 fully saturated rings. The zero-order chi connectivity index (χ0) is 15.3. The molecule has 0 aliphatic rings. The Labute approximate surface area is 117 Å². The van der Waals surface area contributed by atoms with Gasteiger partial charge in [-0.15, -0.1) is 6.42 Å². The third-order valence-corrected chi connectivity index (χ3v) is 2.48. The number of aliphatic carboxylic acids is 1. The van der Waals surface area contributed by atoms with Gasteiger partial charge in [0.25, 0.3) is 0 Å². The number of anilines is 1. The van der Waals surface area contributed by atoms with Crippen LogP contribution in [-0.2, 0) is 4.79 Å². The van der Waals surface area contributed by atoms with E-state index in [2.05, 4.69) is 11.2 Å². The molecule has 20 heavy (non-hydrogen) atoms. The normalized spacial score (nSPS) is 10.4. The molecule has 1 rings (SSSR count). The first-order valence-electron chi connectivity index (χ1n) is 5.83. The van der Waals surface area contributed by atoms with Crippen molar-refractivity contribution in [2.75, 3.05) is 11.4 Å². The maximum Gasteiger partial charge on any atom is 0.323 e. The first kappa shape index (κ1) is 15.4. The van der Waals surface area contributed by atoms with Gasteiger partial charge in [0.05, 0.1) is 5.54 Å². The van der Waals surface area contributed by atoms with Crippen LogP contribution in [0.3, 0.4) is 0 Å². The number of nitrogens with one attached hydrogen (secondary N) is 1. The Kier molecular flexibility index (Phi) is 4.59. The van der Waals surface area contributed by atoms with Gasteiger partial charge in [0.15, 0.2) is 0 Å². The zero-order valence-electron chi connectivity index (χ0n) is 11.3. The number of carbonyl (C=O) groups is 2. The summed E-state index contributed by atoms with van der Waals surface area (Å²) in [6, 6.07) is 5.00. The summed E-state index contributed by atoms with van der Waals surface area (Å²) >= 11 is 0. The van der Waals surface area contributed by atoms with Crippen LogP contribution in [0.15, 0.2) is 24.3 Å². The molecule has 1 aromatic carbocycles. The van der Waals surface area contributed by atoms with Gasteiger partial charge >= 0.3 is 12.0 Å². The standard InChI is InChI=1S/C14H16N2O4/c1-4-14(2,3)15-13(20)16(9-12(18)19)10-5-7-11(17)8-6-10/h1,5-8,17H,9H2,2-3H3,(H,15,20)(H,18,19). The molecule has 0 saturated carbocycles. The van der Waals surface area contributed by atoms with Crippen molar-refractivity contribution in [1.82, 2.24) is 5.32 Å². The Balaban J connectivity index is 3.01. The Bertz CT molecular complexity index is 543. The zero-order valence-corrected chi connectivity index (χ0v) is 11.3. The number of carboxylic acids is 1. The molecule has 0 unspecified atom stereocenters. The number of terminal acetylenes is 1. The van der Waals surface area contributed by atoms with Crippen molar-refractivity contribution in [2.24, 2.45) is 0 Å². The van der Waals surface area contributed by atoms with Crippen LogP contribution in [0.25, 0.3) is 0 Å². The van der Waals surface area contributed by atoms with Crippen LogP contribution in [-0.4, -0.2) is 34.3 Å². The molecule has 1 aromatic rings. The van der Waals surface area contributed by atoms with E-state index in [1.807, 2.05) is 0 Å². The second kappa shape index (κ2) is 5.97. The number of benzene rings is 1. The van der Waals surface area contributed by atoms with Crippen LogP contribution >= 0.6 is 0 Å². The van der Waals surface area contributed by atoms with Gasteiger partial charge in [0.2, 0.25) is 0 Å². The maximum absolute atomic E-state index is 12.1. The highest BCUT2D eigenvalue weighted by molar-refractivity contribution is 5.96. The van der Waals surface area contributed by atoms with E-state index in [9.17, 15) is 14.7 Å². The maximum atomic E-state index is 12.1. The Morgan fingerprint density at radius 2 is 1.90 bits per heavy atom. The number of hydrogen-bond acceptors (Lipinski definition) is 3. The van der Waals surface area contributed by atoms with Gasteiger partial charge in [-0.25, -0.2) is 4.79 Å². The Morgan fingerprint density at radius 3 is 2.35 bits per heavy atom. The molecule has 0 saturated heterocycles. The van der Waals surface area contributed by atoms with Crippen LogP contribution in [0.5, 0.6) is 5.75 Å². The lowest BCUT2D eigenvalue weighted by molar-refractivity contribution is -0.135. The van der Waals surface area contributed by atoms with E-state index in [0.29, 0.717) is 5.69 Å². The fourth-order valence-electron chi connectivity index (χ4n) is 1.42. The molecular formula is C14H16N2O4. The molecule has 3 N–H and O–H groups in total. The quantitative estimate of drug-likeness (QED) is 0.725. The van der Waals surface area contributed by atoms with Crippen molar-refractivity contribution in [3.05, 3.63) is 24.3 Å². The first-order valence-corrected chi connectivity index (χ1v) is 5.83. The number of carboxylic acid groups (broad SMARTS) is 1. The number of aromatic hydroxyl groups is 1. The van der Waals surface area contributed by atoms with Crippen LogP contribution in [0, 0.1) is 12.3 Å². The lowest BCUT2D eigenvalue weighted by Crippen LogP contribution is -2.50. The molecule has 106 valence electrons. The molecule has 0 atom stereocenters. The molecule has 6 nitrogen and oxygen atoms in total. The van der Waals surface area contributed by atoms with E-state index in [-0.39, 0.29) is 5.75 Å². The average Bonchev–Trinajstić information content (AvgIpc) is 2.36. The van der Waals surface area contributed by atoms with Gasteiger partial charge in [0.1, 0.15) is 12.3 Å². The molecule has 0 aromatic heterocycles. The number of phenols is 1. The predicted octanol–water partition coefficient (Wildman–Crippen LogP) is 1.40. The van der Waals surface area contributed by atoms with E-state index >= 15 is 0 Å². The highest BCUT2D eigenvalue weighted by atomic mass is 16.4. The summed E-state index contributed by atoms with van der Waals surface area (Å²) in [6.45, 7) is 2.73. The smallest absolute Gasteiger partial charge is 0.323 e. The van der Waals surface area contributed by atoms with Gasteiger partial charge in [-0.1, -0.05) is 5.92 Å². The number of carbonyl (C=O) groups excluding carboxylic acids is 1. The summed E-state index contributed by atoms with van der Waals surface area (Å²) in [5.74, 6) is 1.26. The number of nitrogens with zero attached hydrogens (tertiary/aromatic N) is 1. The molecule has 2 amide bonds. The van der Waals surface area contributed by atoms with E-state index in [1.165, 1.54) is 24.3 Å². The topological polar surface area (TPSA) is 89.9 Å². The van der Waals surface area contributed by atoms with Crippen molar-refractivity contribution < 1.29 is 19.8 Å². The van der Waals surface area contributed by atoms with Crippen molar-refractivity contribution >= 4 is 17.7 Å². The predicted molar refractivity (Wildman–Crippen MR) is 74.5 cm³/mol. The largest absolute Gasteiger partial charge is 0.508 e. The summed E-state index contributed by atoms with van der Waals surface area (Å²) < 4.78 is 0. The molecule has 0 radical (unpaired) electrons. The van der Waals surface area contributed by atoms with Gasteiger partial charge in [-0.2, -0.15) is 0 Å². The molecule has 0 heterocycles. The van der Waals surface area contributed by atoms with Crippen LogP contribution in [0.1, 0.15) is 13.8 Å². The number of urea groups is 1. The summed E-state index contributed by atoms with van der Waals surface area (Å²) in [6.07, 6.45) is 5.28. The third kappa shape index (κ3) is 4.21. The summed E-state index contributed by atoms with van der Waals surface area (Å²) in [5.41, 5.74) is -0.555. The molecule has 0 spiro atoms. The van der Waals surface area contributed by atoms with E-state index in [0.717, 1.165) is 4.90 Å². The number of phenolic OH excluding ortho intramolecular Hbond substituents is 1.